The molecule has 198 valence electrons. The van der Waals surface area contributed by atoms with Crippen molar-refractivity contribution in [2.45, 2.75) is 24.7 Å². The number of fused-ring (bicyclic) bond motifs is 2. The van der Waals surface area contributed by atoms with E-state index in [1.54, 1.807) is 23.1 Å². The van der Waals surface area contributed by atoms with Crippen LogP contribution >= 0.6 is 0 Å². The number of nitrogens with one attached hydrogen (secondary N) is 2. The summed E-state index contributed by atoms with van der Waals surface area (Å²) in [5, 5.41) is 11.7. The van der Waals surface area contributed by atoms with E-state index in [9.17, 15) is 14.9 Å². The number of H-pyrrole nitrogens is 2. The van der Waals surface area contributed by atoms with Crippen molar-refractivity contribution >= 4 is 39.3 Å². The van der Waals surface area contributed by atoms with Crippen LogP contribution in [0.2, 0.25) is 0 Å². The van der Waals surface area contributed by atoms with Gasteiger partial charge in [0.1, 0.15) is 0 Å². The fraction of sp³-hybridized carbons (Fsp3) is 0.242. The monoisotopic (exact) mass is 527 g/mol. The molecular formula is C33H29N5O2. The Bertz CT molecular complexity index is 1720. The van der Waals surface area contributed by atoms with E-state index in [1.807, 2.05) is 23.1 Å². The van der Waals surface area contributed by atoms with Gasteiger partial charge in [-0.05, 0) is 54.3 Å². The Kier molecular flexibility index (Phi) is 5.71. The molecule has 0 radical (unpaired) electrons. The van der Waals surface area contributed by atoms with E-state index >= 15 is 0 Å². The van der Waals surface area contributed by atoms with Gasteiger partial charge >= 0.3 is 0 Å². The highest BCUT2D eigenvalue weighted by molar-refractivity contribution is 6.00. The topological polar surface area (TPSA) is 96.0 Å². The lowest BCUT2D eigenvalue weighted by atomic mass is 9.67. The number of benzene rings is 3. The van der Waals surface area contributed by atoms with Crippen LogP contribution in [0, 0.1) is 17.2 Å². The average molecular weight is 528 g/mol. The van der Waals surface area contributed by atoms with Gasteiger partial charge < -0.3 is 19.8 Å². The molecule has 2 fully saturated rings. The third kappa shape index (κ3) is 3.79. The van der Waals surface area contributed by atoms with Crippen LogP contribution in [0.4, 0.5) is 5.69 Å². The predicted octanol–water partition coefficient (Wildman–Crippen LogP) is 5.48. The van der Waals surface area contributed by atoms with Gasteiger partial charge in [-0.3, -0.25) is 9.59 Å². The molecule has 1 atom stereocenters. The normalized spacial score (nSPS) is 18.9. The first-order valence-corrected chi connectivity index (χ1v) is 13.8. The van der Waals surface area contributed by atoms with Crippen LogP contribution in [0.15, 0.2) is 85.2 Å². The molecular weight excluding hydrogens is 498 g/mol. The maximum atomic E-state index is 13.7. The van der Waals surface area contributed by atoms with Crippen molar-refractivity contribution in [1.29, 1.82) is 5.26 Å². The number of anilines is 1. The summed E-state index contributed by atoms with van der Waals surface area (Å²) in [6.45, 7) is 1.58. The number of amides is 2. The molecule has 0 bridgehead atoms. The Morgan fingerprint density at radius 1 is 0.875 bits per heavy atom. The summed E-state index contributed by atoms with van der Waals surface area (Å²) < 4.78 is 0. The molecule has 0 aliphatic carbocycles. The van der Waals surface area contributed by atoms with Crippen molar-refractivity contribution in [2.24, 2.45) is 5.92 Å². The zero-order valence-corrected chi connectivity index (χ0v) is 22.1. The molecule has 4 heterocycles. The van der Waals surface area contributed by atoms with Gasteiger partial charge in [0.25, 0.3) is 0 Å². The molecule has 0 saturated carbocycles. The van der Waals surface area contributed by atoms with Crippen LogP contribution in [0.1, 0.15) is 36.0 Å². The van der Waals surface area contributed by atoms with Crippen LogP contribution in [-0.2, 0) is 15.0 Å². The molecule has 40 heavy (non-hydrogen) atoms. The standard InChI is InChI=1S/C33H29N5O2/c34-18-22-6-5-7-24(16-22)38-21-23(17-31(38)39)32(40)37-14-12-33(13-15-37,27-19-35-29-10-3-1-8-25(27)29)28-20-36-30-11-4-2-9-26(28)30/h1-11,16,19-20,23,35-36H,12-15,17,21H2/t23-/m1/s1. The van der Waals surface area contributed by atoms with E-state index in [0.717, 1.165) is 23.9 Å². The fourth-order valence-electron chi connectivity index (χ4n) is 6.85. The van der Waals surface area contributed by atoms with Crippen molar-refractivity contribution in [1.82, 2.24) is 14.9 Å². The maximum absolute atomic E-state index is 13.7. The minimum Gasteiger partial charge on any atom is -0.361 e. The number of aromatic nitrogens is 2. The molecule has 5 aromatic rings. The lowest BCUT2D eigenvalue weighted by Crippen LogP contribution is -2.47. The first-order valence-electron chi connectivity index (χ1n) is 13.8. The molecule has 7 nitrogen and oxygen atoms in total. The van der Waals surface area contributed by atoms with Crippen molar-refractivity contribution < 1.29 is 9.59 Å². The van der Waals surface area contributed by atoms with Crippen molar-refractivity contribution in [3.05, 3.63) is 102 Å². The number of rotatable bonds is 4. The molecule has 2 amide bonds. The van der Waals surface area contributed by atoms with E-state index in [-0.39, 0.29) is 29.6 Å². The van der Waals surface area contributed by atoms with E-state index in [0.29, 0.717) is 30.9 Å². The number of aromatic amines is 2. The number of nitrogens with zero attached hydrogens (tertiary/aromatic N) is 3. The largest absolute Gasteiger partial charge is 0.361 e. The second-order valence-electron chi connectivity index (χ2n) is 11.0. The number of hydrogen-bond donors (Lipinski definition) is 2. The van der Waals surface area contributed by atoms with E-state index < -0.39 is 0 Å². The van der Waals surface area contributed by atoms with Gasteiger partial charge in [0.15, 0.2) is 0 Å². The highest BCUT2D eigenvalue weighted by Gasteiger charge is 2.44. The third-order valence-corrected chi connectivity index (χ3v) is 8.90. The number of nitriles is 1. The van der Waals surface area contributed by atoms with Gasteiger partial charge in [0.05, 0.1) is 17.6 Å². The molecule has 2 aromatic heterocycles. The molecule has 0 spiro atoms. The number of likely N-dealkylation sites (tertiary alicyclic amines) is 1. The Hall–Kier alpha value is -4.83. The Morgan fingerprint density at radius 3 is 2.12 bits per heavy atom. The summed E-state index contributed by atoms with van der Waals surface area (Å²) >= 11 is 0. The molecule has 2 aliphatic heterocycles. The molecule has 3 aromatic carbocycles. The first-order chi connectivity index (χ1) is 19.6. The quantitative estimate of drug-likeness (QED) is 0.324. The van der Waals surface area contributed by atoms with Crippen molar-refractivity contribution in [3.63, 3.8) is 0 Å². The molecule has 2 aliphatic rings. The number of carbonyl (C=O) groups excluding carboxylic acids is 2. The van der Waals surface area contributed by atoms with Crippen molar-refractivity contribution in [2.75, 3.05) is 24.5 Å². The smallest absolute Gasteiger partial charge is 0.228 e. The highest BCUT2D eigenvalue weighted by Crippen LogP contribution is 2.47. The summed E-state index contributed by atoms with van der Waals surface area (Å²) in [6, 6.07) is 26.0. The summed E-state index contributed by atoms with van der Waals surface area (Å²) in [7, 11) is 0. The van der Waals surface area contributed by atoms with Crippen LogP contribution < -0.4 is 4.90 Å². The van der Waals surface area contributed by atoms with Gasteiger partial charge in [-0.1, -0.05) is 42.5 Å². The van der Waals surface area contributed by atoms with E-state index in [4.69, 9.17) is 0 Å². The van der Waals surface area contributed by atoms with Crippen molar-refractivity contribution in [3.8, 4) is 6.07 Å². The van der Waals surface area contributed by atoms with Gasteiger partial charge in [0, 0.05) is 71.4 Å². The second kappa shape index (κ2) is 9.42. The van der Waals surface area contributed by atoms with Crippen LogP contribution in [0.5, 0.6) is 0 Å². The predicted molar refractivity (Wildman–Crippen MR) is 155 cm³/mol. The number of hydrogen-bond acceptors (Lipinski definition) is 3. The highest BCUT2D eigenvalue weighted by atomic mass is 16.2. The van der Waals surface area contributed by atoms with Gasteiger partial charge in [-0.15, -0.1) is 0 Å². The first kappa shape index (κ1) is 24.2. The number of piperidine rings is 1. The molecule has 7 rings (SSSR count). The number of carbonyl (C=O) groups is 2. The lowest BCUT2D eigenvalue weighted by Gasteiger charge is -2.43. The molecule has 2 saturated heterocycles. The molecule has 2 N–H and O–H groups in total. The zero-order valence-electron chi connectivity index (χ0n) is 22.1. The lowest BCUT2D eigenvalue weighted by molar-refractivity contribution is -0.137. The minimum absolute atomic E-state index is 0.0405. The third-order valence-electron chi connectivity index (χ3n) is 8.90. The SMILES string of the molecule is N#Cc1cccc(N2C[C@H](C(=O)N3CCC(c4c[nH]c5ccccc45)(c4c[nH]c5ccccc45)CC3)CC2=O)c1. The summed E-state index contributed by atoms with van der Waals surface area (Å²) in [5.74, 6) is -0.414. The molecule has 7 heteroatoms. The average Bonchev–Trinajstić information content (AvgIpc) is 3.74. The zero-order chi connectivity index (χ0) is 27.3. The summed E-state index contributed by atoms with van der Waals surface area (Å²) in [4.78, 5) is 37.2. The van der Waals surface area contributed by atoms with E-state index in [2.05, 4.69) is 64.8 Å². The Balaban J connectivity index is 1.17. The van der Waals surface area contributed by atoms with E-state index in [1.165, 1.54) is 21.9 Å². The number of para-hydroxylation sites is 2. The molecule has 0 unspecified atom stereocenters. The summed E-state index contributed by atoms with van der Waals surface area (Å²) in [5.41, 5.74) is 5.67. The van der Waals surface area contributed by atoms with Gasteiger partial charge in [-0.2, -0.15) is 5.26 Å². The van der Waals surface area contributed by atoms with Gasteiger partial charge in [0.2, 0.25) is 11.8 Å². The van der Waals surface area contributed by atoms with Crippen LogP contribution in [-0.4, -0.2) is 46.3 Å². The van der Waals surface area contributed by atoms with Gasteiger partial charge in [-0.25, -0.2) is 0 Å². The Morgan fingerprint density at radius 2 is 1.50 bits per heavy atom. The fourth-order valence-corrected chi connectivity index (χ4v) is 6.85. The Labute approximate surface area is 232 Å². The minimum atomic E-state index is -0.382. The maximum Gasteiger partial charge on any atom is 0.228 e. The van der Waals surface area contributed by atoms with Crippen LogP contribution in [0.25, 0.3) is 21.8 Å². The second-order valence-corrected chi connectivity index (χ2v) is 11.0. The summed E-state index contributed by atoms with van der Waals surface area (Å²) in [6.07, 6.45) is 6.07. The van der Waals surface area contributed by atoms with Crippen LogP contribution in [0.3, 0.4) is 0 Å².